The van der Waals surface area contributed by atoms with Crippen LogP contribution in [0.3, 0.4) is 0 Å². The molecule has 0 aromatic heterocycles. The SMILES string of the molecule is CCc1cc(CC(=O)OC)c(Br)cc1OC1CCCCO1. The summed E-state index contributed by atoms with van der Waals surface area (Å²) in [6, 6.07) is 3.92. The number of benzene rings is 1. The molecular formula is C16H21BrO4. The minimum atomic E-state index is -0.248. The monoisotopic (exact) mass is 356 g/mol. The summed E-state index contributed by atoms with van der Waals surface area (Å²) in [5, 5.41) is 0. The number of carbonyl (C=O) groups is 1. The first kappa shape index (κ1) is 16.3. The average Bonchev–Trinajstić information content (AvgIpc) is 2.50. The first-order chi connectivity index (χ1) is 10.1. The van der Waals surface area contributed by atoms with Crippen LogP contribution < -0.4 is 4.74 Å². The van der Waals surface area contributed by atoms with Gasteiger partial charge >= 0.3 is 5.97 Å². The maximum absolute atomic E-state index is 11.4. The molecule has 2 rings (SSSR count). The van der Waals surface area contributed by atoms with E-state index in [4.69, 9.17) is 14.2 Å². The van der Waals surface area contributed by atoms with Crippen molar-refractivity contribution in [1.29, 1.82) is 0 Å². The standard InChI is InChI=1S/C16H21BrO4/c1-3-11-8-12(9-15(18)19-2)13(17)10-14(11)21-16-6-4-5-7-20-16/h8,10,16H,3-7,9H2,1-2H3. The van der Waals surface area contributed by atoms with Crippen LogP contribution in [0.5, 0.6) is 5.75 Å². The molecule has 0 amide bonds. The fraction of sp³-hybridized carbons (Fsp3) is 0.562. The zero-order chi connectivity index (χ0) is 15.2. The number of hydrogen-bond acceptors (Lipinski definition) is 4. The Bertz CT molecular complexity index is 495. The normalized spacial score (nSPS) is 18.3. The van der Waals surface area contributed by atoms with Crippen LogP contribution in [-0.2, 0) is 27.1 Å². The topological polar surface area (TPSA) is 44.8 Å². The van der Waals surface area contributed by atoms with E-state index in [-0.39, 0.29) is 18.7 Å². The zero-order valence-electron chi connectivity index (χ0n) is 12.5. The fourth-order valence-electron chi connectivity index (χ4n) is 2.35. The molecular weight excluding hydrogens is 336 g/mol. The molecule has 4 nitrogen and oxygen atoms in total. The largest absolute Gasteiger partial charge is 0.469 e. The summed E-state index contributed by atoms with van der Waals surface area (Å²) < 4.78 is 17.2. The Labute approximate surface area is 133 Å². The summed E-state index contributed by atoms with van der Waals surface area (Å²) in [6.45, 7) is 2.83. The summed E-state index contributed by atoms with van der Waals surface area (Å²) in [6.07, 6.45) is 4.08. The third kappa shape index (κ3) is 4.45. The van der Waals surface area contributed by atoms with Gasteiger partial charge in [0.1, 0.15) is 5.75 Å². The smallest absolute Gasteiger partial charge is 0.310 e. The van der Waals surface area contributed by atoms with Gasteiger partial charge < -0.3 is 14.2 Å². The average molecular weight is 357 g/mol. The summed E-state index contributed by atoms with van der Waals surface area (Å²) in [5.41, 5.74) is 1.99. The molecule has 0 bridgehead atoms. The van der Waals surface area contributed by atoms with Gasteiger partial charge in [0.05, 0.1) is 20.1 Å². The van der Waals surface area contributed by atoms with Crippen molar-refractivity contribution in [3.8, 4) is 5.75 Å². The van der Waals surface area contributed by atoms with Crippen molar-refractivity contribution in [2.24, 2.45) is 0 Å². The van der Waals surface area contributed by atoms with Crippen LogP contribution in [-0.4, -0.2) is 26.0 Å². The second-order valence-electron chi connectivity index (χ2n) is 5.07. The van der Waals surface area contributed by atoms with E-state index in [1.165, 1.54) is 7.11 Å². The van der Waals surface area contributed by atoms with Gasteiger partial charge in [-0.05, 0) is 36.5 Å². The molecule has 116 valence electrons. The molecule has 0 radical (unpaired) electrons. The minimum Gasteiger partial charge on any atom is -0.469 e. The van der Waals surface area contributed by atoms with Crippen LogP contribution in [0.2, 0.25) is 0 Å². The highest BCUT2D eigenvalue weighted by atomic mass is 79.9. The van der Waals surface area contributed by atoms with E-state index in [1.54, 1.807) is 0 Å². The van der Waals surface area contributed by atoms with E-state index < -0.39 is 0 Å². The van der Waals surface area contributed by atoms with E-state index in [9.17, 15) is 4.79 Å². The lowest BCUT2D eigenvalue weighted by atomic mass is 10.1. The van der Waals surface area contributed by atoms with Gasteiger partial charge in [-0.1, -0.05) is 28.9 Å². The van der Waals surface area contributed by atoms with Gasteiger partial charge in [0.25, 0.3) is 0 Å². The van der Waals surface area contributed by atoms with Crippen molar-refractivity contribution in [3.63, 3.8) is 0 Å². The quantitative estimate of drug-likeness (QED) is 0.755. The molecule has 1 aromatic carbocycles. The highest BCUT2D eigenvalue weighted by molar-refractivity contribution is 9.10. The van der Waals surface area contributed by atoms with Crippen molar-refractivity contribution in [3.05, 3.63) is 27.7 Å². The Morgan fingerprint density at radius 1 is 1.38 bits per heavy atom. The maximum atomic E-state index is 11.4. The van der Waals surface area contributed by atoms with Gasteiger partial charge in [-0.15, -0.1) is 0 Å². The number of aryl methyl sites for hydroxylation is 1. The van der Waals surface area contributed by atoms with Crippen molar-refractivity contribution in [2.75, 3.05) is 13.7 Å². The van der Waals surface area contributed by atoms with E-state index in [0.29, 0.717) is 0 Å². The summed E-state index contributed by atoms with van der Waals surface area (Å²) in [7, 11) is 1.40. The third-order valence-electron chi connectivity index (χ3n) is 3.57. The first-order valence-electron chi connectivity index (χ1n) is 7.30. The number of carbonyl (C=O) groups excluding carboxylic acids is 1. The molecule has 0 saturated carbocycles. The van der Waals surface area contributed by atoms with Crippen LogP contribution in [0.4, 0.5) is 0 Å². The lowest BCUT2D eigenvalue weighted by Gasteiger charge is -2.25. The van der Waals surface area contributed by atoms with Gasteiger partial charge in [0.15, 0.2) is 6.29 Å². The third-order valence-corrected chi connectivity index (χ3v) is 4.31. The molecule has 1 aromatic rings. The predicted molar refractivity (Wildman–Crippen MR) is 83.5 cm³/mol. The first-order valence-corrected chi connectivity index (χ1v) is 8.09. The molecule has 0 spiro atoms. The second-order valence-corrected chi connectivity index (χ2v) is 5.93. The molecule has 1 unspecified atom stereocenters. The highest BCUT2D eigenvalue weighted by Gasteiger charge is 2.18. The van der Waals surface area contributed by atoms with Gasteiger partial charge in [-0.2, -0.15) is 0 Å². The molecule has 1 aliphatic rings. The summed E-state index contributed by atoms with van der Waals surface area (Å²) in [5.74, 6) is 0.576. The molecule has 0 aliphatic carbocycles. The molecule has 1 atom stereocenters. The predicted octanol–water partition coefficient (Wildman–Crippen LogP) is 3.63. The fourth-order valence-corrected chi connectivity index (χ4v) is 2.81. The van der Waals surface area contributed by atoms with Crippen molar-refractivity contribution < 1.29 is 19.0 Å². The Hall–Kier alpha value is -1.07. The number of esters is 1. The number of ether oxygens (including phenoxy) is 3. The molecule has 5 heteroatoms. The lowest BCUT2D eigenvalue weighted by molar-refractivity contribution is -0.139. The van der Waals surface area contributed by atoms with Crippen molar-refractivity contribution in [1.82, 2.24) is 0 Å². The molecule has 1 aliphatic heterocycles. The molecule has 1 saturated heterocycles. The zero-order valence-corrected chi connectivity index (χ0v) is 14.1. The molecule has 21 heavy (non-hydrogen) atoms. The second kappa shape index (κ2) is 7.80. The van der Waals surface area contributed by atoms with E-state index in [2.05, 4.69) is 22.9 Å². The minimum absolute atomic E-state index is 0.164. The van der Waals surface area contributed by atoms with Crippen LogP contribution in [0.25, 0.3) is 0 Å². The maximum Gasteiger partial charge on any atom is 0.310 e. The van der Waals surface area contributed by atoms with Crippen LogP contribution in [0, 0.1) is 0 Å². The van der Waals surface area contributed by atoms with Crippen molar-refractivity contribution in [2.45, 2.75) is 45.3 Å². The Morgan fingerprint density at radius 2 is 2.19 bits per heavy atom. The van der Waals surface area contributed by atoms with Crippen LogP contribution in [0.15, 0.2) is 16.6 Å². The Balaban J connectivity index is 2.17. The van der Waals surface area contributed by atoms with Gasteiger partial charge in [-0.3, -0.25) is 4.79 Å². The molecule has 0 N–H and O–H groups in total. The van der Waals surface area contributed by atoms with Crippen LogP contribution >= 0.6 is 15.9 Å². The Kier molecular flexibility index (Phi) is 6.06. The number of hydrogen-bond donors (Lipinski definition) is 0. The summed E-state index contributed by atoms with van der Waals surface area (Å²) in [4.78, 5) is 11.4. The van der Waals surface area contributed by atoms with E-state index in [0.717, 1.165) is 53.6 Å². The highest BCUT2D eigenvalue weighted by Crippen LogP contribution is 2.30. The van der Waals surface area contributed by atoms with E-state index in [1.807, 2.05) is 12.1 Å². The van der Waals surface area contributed by atoms with Gasteiger partial charge in [0.2, 0.25) is 0 Å². The van der Waals surface area contributed by atoms with Crippen LogP contribution in [0.1, 0.15) is 37.3 Å². The Morgan fingerprint density at radius 3 is 2.81 bits per heavy atom. The number of methoxy groups -OCH3 is 1. The lowest BCUT2D eigenvalue weighted by Crippen LogP contribution is -2.25. The summed E-state index contributed by atoms with van der Waals surface area (Å²) >= 11 is 3.50. The molecule has 1 heterocycles. The van der Waals surface area contributed by atoms with Crippen molar-refractivity contribution >= 4 is 21.9 Å². The molecule has 1 fully saturated rings. The number of halogens is 1. The van der Waals surface area contributed by atoms with Gasteiger partial charge in [-0.25, -0.2) is 0 Å². The number of rotatable bonds is 5. The van der Waals surface area contributed by atoms with Gasteiger partial charge in [0, 0.05) is 10.9 Å². The van der Waals surface area contributed by atoms with E-state index >= 15 is 0 Å².